The molecule has 1 aromatic rings. The predicted octanol–water partition coefficient (Wildman–Crippen LogP) is 1.38. The van der Waals surface area contributed by atoms with E-state index in [1.54, 1.807) is 0 Å². The number of nitriles is 1. The zero-order valence-corrected chi connectivity index (χ0v) is 7.70. The Kier molecular flexibility index (Phi) is 1.97. The summed E-state index contributed by atoms with van der Waals surface area (Å²) in [5.41, 5.74) is 0.155. The number of rotatable bonds is 2. The van der Waals surface area contributed by atoms with Crippen LogP contribution in [0, 0.1) is 11.3 Å². The molecule has 1 aliphatic carbocycles. The van der Waals surface area contributed by atoms with Crippen molar-refractivity contribution in [3.05, 3.63) is 11.6 Å². The van der Waals surface area contributed by atoms with Gasteiger partial charge in [-0.3, -0.25) is 10.1 Å². The highest BCUT2D eigenvalue weighted by Gasteiger charge is 2.30. The van der Waals surface area contributed by atoms with Crippen molar-refractivity contribution in [3.8, 4) is 6.07 Å². The molecule has 1 heterocycles. The van der Waals surface area contributed by atoms with E-state index in [0.717, 1.165) is 12.8 Å². The highest BCUT2D eigenvalue weighted by molar-refractivity contribution is 5.88. The lowest BCUT2D eigenvalue weighted by Crippen LogP contribution is -2.05. The molecule has 0 radical (unpaired) electrons. The maximum atomic E-state index is 10.8. The molecule has 1 fully saturated rings. The second-order valence-corrected chi connectivity index (χ2v) is 3.30. The van der Waals surface area contributed by atoms with Gasteiger partial charge in [-0.15, -0.1) is 0 Å². The van der Waals surface area contributed by atoms with Gasteiger partial charge in [0.15, 0.2) is 0 Å². The molecule has 0 spiro atoms. The van der Waals surface area contributed by atoms with Gasteiger partial charge in [-0.05, 0) is 12.8 Å². The molecule has 14 heavy (non-hydrogen) atoms. The van der Waals surface area contributed by atoms with Crippen molar-refractivity contribution in [1.82, 2.24) is 4.98 Å². The van der Waals surface area contributed by atoms with Gasteiger partial charge < -0.3 is 4.42 Å². The Bertz CT molecular complexity index is 412. The number of amides is 1. The van der Waals surface area contributed by atoms with Crippen LogP contribution in [0.3, 0.4) is 0 Å². The lowest BCUT2D eigenvalue weighted by atomic mass is 10.4. The van der Waals surface area contributed by atoms with Crippen molar-refractivity contribution in [1.29, 1.82) is 5.26 Å². The lowest BCUT2D eigenvalue weighted by molar-refractivity contribution is -0.114. The molecule has 5 nitrogen and oxygen atoms in total. The Balaban J connectivity index is 2.28. The molecule has 1 aromatic heterocycles. The Labute approximate surface area is 80.7 Å². The van der Waals surface area contributed by atoms with E-state index in [0.29, 0.717) is 11.8 Å². The minimum absolute atomic E-state index is 0.155. The van der Waals surface area contributed by atoms with Crippen molar-refractivity contribution in [2.24, 2.45) is 0 Å². The Morgan fingerprint density at radius 2 is 2.43 bits per heavy atom. The van der Waals surface area contributed by atoms with Gasteiger partial charge >= 0.3 is 0 Å². The fourth-order valence-corrected chi connectivity index (χ4v) is 1.16. The topological polar surface area (TPSA) is 78.9 Å². The summed E-state index contributed by atoms with van der Waals surface area (Å²) < 4.78 is 5.27. The van der Waals surface area contributed by atoms with Gasteiger partial charge in [-0.1, -0.05) is 0 Å². The summed E-state index contributed by atoms with van der Waals surface area (Å²) in [4.78, 5) is 14.8. The van der Waals surface area contributed by atoms with Crippen LogP contribution in [0.1, 0.15) is 37.3 Å². The smallest absolute Gasteiger partial charge is 0.238 e. The van der Waals surface area contributed by atoms with Crippen LogP contribution in [0.25, 0.3) is 0 Å². The molecular formula is C9H9N3O2. The number of nitrogens with zero attached hydrogens (tertiary/aromatic N) is 2. The van der Waals surface area contributed by atoms with Crippen molar-refractivity contribution in [2.45, 2.75) is 25.7 Å². The number of hydrogen-bond donors (Lipinski definition) is 1. The molecule has 0 atom stereocenters. The largest absolute Gasteiger partial charge is 0.423 e. The molecule has 5 heteroatoms. The van der Waals surface area contributed by atoms with Gasteiger partial charge in [0, 0.05) is 12.8 Å². The van der Waals surface area contributed by atoms with E-state index >= 15 is 0 Å². The predicted molar refractivity (Wildman–Crippen MR) is 47.5 cm³/mol. The summed E-state index contributed by atoms with van der Waals surface area (Å²) in [7, 11) is 0. The first kappa shape index (κ1) is 8.75. The van der Waals surface area contributed by atoms with E-state index in [4.69, 9.17) is 9.68 Å². The van der Waals surface area contributed by atoms with Crippen LogP contribution in [0.2, 0.25) is 0 Å². The number of anilines is 1. The summed E-state index contributed by atoms with van der Waals surface area (Å²) in [6.07, 6.45) is 2.09. The molecule has 2 rings (SSSR count). The van der Waals surface area contributed by atoms with E-state index in [1.165, 1.54) is 6.92 Å². The highest BCUT2D eigenvalue weighted by Crippen LogP contribution is 2.40. The molecular weight excluding hydrogens is 182 g/mol. The Hall–Kier alpha value is -1.83. The molecule has 1 saturated carbocycles. The van der Waals surface area contributed by atoms with Gasteiger partial charge in [0.25, 0.3) is 0 Å². The molecule has 0 bridgehead atoms. The van der Waals surface area contributed by atoms with Gasteiger partial charge in [-0.25, -0.2) is 4.98 Å². The Morgan fingerprint density at radius 3 is 2.93 bits per heavy atom. The molecule has 0 unspecified atom stereocenters. The van der Waals surface area contributed by atoms with E-state index in [-0.39, 0.29) is 17.5 Å². The zero-order valence-electron chi connectivity index (χ0n) is 7.70. The number of nitrogens with one attached hydrogen (secondary N) is 1. The van der Waals surface area contributed by atoms with Crippen molar-refractivity contribution < 1.29 is 9.21 Å². The number of hydrogen-bond acceptors (Lipinski definition) is 4. The van der Waals surface area contributed by atoms with E-state index in [2.05, 4.69) is 10.3 Å². The van der Waals surface area contributed by atoms with Gasteiger partial charge in [0.2, 0.25) is 23.4 Å². The van der Waals surface area contributed by atoms with Crippen molar-refractivity contribution in [2.75, 3.05) is 5.32 Å². The standard InChI is InChI=1S/C9H9N3O2/c1-5(13)11-9-7(4-10)12-8(14-9)6-2-3-6/h6H,2-3H2,1H3,(H,11,13). The maximum absolute atomic E-state index is 10.8. The summed E-state index contributed by atoms with van der Waals surface area (Å²) in [6.45, 7) is 1.36. The SMILES string of the molecule is CC(=O)Nc1oc(C2CC2)nc1C#N. The van der Waals surface area contributed by atoms with Gasteiger partial charge in [-0.2, -0.15) is 5.26 Å². The number of oxazole rings is 1. The van der Waals surface area contributed by atoms with E-state index < -0.39 is 0 Å². The zero-order chi connectivity index (χ0) is 10.1. The monoisotopic (exact) mass is 191 g/mol. The van der Waals surface area contributed by atoms with Crippen molar-refractivity contribution in [3.63, 3.8) is 0 Å². The van der Waals surface area contributed by atoms with Crippen LogP contribution in [0.15, 0.2) is 4.42 Å². The third-order valence-corrected chi connectivity index (χ3v) is 1.97. The molecule has 1 N–H and O–H groups in total. The molecule has 0 saturated heterocycles. The van der Waals surface area contributed by atoms with Crippen LogP contribution in [-0.4, -0.2) is 10.9 Å². The van der Waals surface area contributed by atoms with E-state index in [1.807, 2.05) is 6.07 Å². The quantitative estimate of drug-likeness (QED) is 0.765. The second kappa shape index (κ2) is 3.14. The summed E-state index contributed by atoms with van der Waals surface area (Å²) in [5, 5.41) is 11.2. The molecule has 1 amide bonds. The fraction of sp³-hybridized carbons (Fsp3) is 0.444. The van der Waals surface area contributed by atoms with Crippen LogP contribution < -0.4 is 5.32 Å². The number of carbonyl (C=O) groups excluding carboxylic acids is 1. The maximum Gasteiger partial charge on any atom is 0.238 e. The second-order valence-electron chi connectivity index (χ2n) is 3.30. The first-order valence-electron chi connectivity index (χ1n) is 4.39. The normalized spacial score (nSPS) is 14.9. The molecule has 0 aliphatic heterocycles. The molecule has 72 valence electrons. The van der Waals surface area contributed by atoms with Crippen LogP contribution >= 0.6 is 0 Å². The fourth-order valence-electron chi connectivity index (χ4n) is 1.16. The number of carbonyl (C=O) groups is 1. The van der Waals surface area contributed by atoms with Gasteiger partial charge in [0.05, 0.1) is 0 Å². The molecule has 0 aromatic carbocycles. The lowest BCUT2D eigenvalue weighted by Gasteiger charge is -1.94. The summed E-state index contributed by atoms with van der Waals surface area (Å²) in [5.74, 6) is 0.803. The van der Waals surface area contributed by atoms with Gasteiger partial charge in [0.1, 0.15) is 6.07 Å². The van der Waals surface area contributed by atoms with Crippen molar-refractivity contribution >= 4 is 11.8 Å². The number of aromatic nitrogens is 1. The summed E-state index contributed by atoms with van der Waals surface area (Å²) in [6, 6.07) is 1.88. The Morgan fingerprint density at radius 1 is 1.71 bits per heavy atom. The van der Waals surface area contributed by atoms with Crippen LogP contribution in [0.5, 0.6) is 0 Å². The first-order valence-corrected chi connectivity index (χ1v) is 4.39. The first-order chi connectivity index (χ1) is 6.70. The highest BCUT2D eigenvalue weighted by atomic mass is 16.4. The average Bonchev–Trinajstić information content (AvgIpc) is 2.89. The minimum Gasteiger partial charge on any atom is -0.423 e. The third kappa shape index (κ3) is 1.59. The van der Waals surface area contributed by atoms with E-state index in [9.17, 15) is 4.79 Å². The van der Waals surface area contributed by atoms with Crippen LogP contribution in [0.4, 0.5) is 5.88 Å². The third-order valence-electron chi connectivity index (χ3n) is 1.97. The molecule has 1 aliphatic rings. The minimum atomic E-state index is -0.264. The average molecular weight is 191 g/mol. The summed E-state index contributed by atoms with van der Waals surface area (Å²) >= 11 is 0. The van der Waals surface area contributed by atoms with Crippen LogP contribution in [-0.2, 0) is 4.79 Å².